The van der Waals surface area contributed by atoms with E-state index in [1.165, 1.54) is 23.1 Å². The summed E-state index contributed by atoms with van der Waals surface area (Å²) in [7, 11) is 0. The lowest BCUT2D eigenvalue weighted by Gasteiger charge is -2.21. The molecule has 0 bridgehead atoms. The summed E-state index contributed by atoms with van der Waals surface area (Å²) in [6.07, 6.45) is -2.59. The van der Waals surface area contributed by atoms with Gasteiger partial charge < -0.3 is 5.11 Å². The van der Waals surface area contributed by atoms with E-state index in [1.807, 2.05) is 0 Å². The quantitative estimate of drug-likeness (QED) is 0.619. The second-order valence-corrected chi connectivity index (χ2v) is 4.25. The van der Waals surface area contributed by atoms with Gasteiger partial charge in [0.05, 0.1) is 28.7 Å². The molecule has 1 N–H and O–H groups in total. The molecule has 1 rings (SSSR count). The topological polar surface area (TPSA) is 66.6 Å². The van der Waals surface area contributed by atoms with Crippen molar-refractivity contribution in [3.05, 3.63) is 38.9 Å². The molecular weight excluding hydrogens is 282 g/mol. The van der Waals surface area contributed by atoms with Crippen LogP contribution < -0.4 is 0 Å². The van der Waals surface area contributed by atoms with E-state index in [-0.39, 0.29) is 36.0 Å². The minimum Gasteiger partial charge on any atom is -0.395 e. The van der Waals surface area contributed by atoms with Crippen molar-refractivity contribution in [1.29, 1.82) is 0 Å². The average molecular weight is 295 g/mol. The number of nitro groups is 1. The van der Waals surface area contributed by atoms with E-state index in [0.29, 0.717) is 0 Å². The van der Waals surface area contributed by atoms with Crippen molar-refractivity contribution in [3.63, 3.8) is 0 Å². The van der Waals surface area contributed by atoms with Crippen LogP contribution in [0.4, 0.5) is 14.5 Å². The molecule has 0 aliphatic heterocycles. The van der Waals surface area contributed by atoms with Crippen molar-refractivity contribution in [2.75, 3.05) is 19.7 Å². The summed E-state index contributed by atoms with van der Waals surface area (Å²) < 4.78 is 24.8. The Morgan fingerprint density at radius 1 is 1.47 bits per heavy atom. The first-order valence-electron chi connectivity index (χ1n) is 5.48. The van der Waals surface area contributed by atoms with Gasteiger partial charge in [-0.3, -0.25) is 15.0 Å². The number of halogens is 3. The van der Waals surface area contributed by atoms with Crippen molar-refractivity contribution in [1.82, 2.24) is 4.90 Å². The summed E-state index contributed by atoms with van der Waals surface area (Å²) >= 11 is 5.87. The van der Waals surface area contributed by atoms with Gasteiger partial charge in [-0.05, 0) is 6.07 Å². The number of aliphatic hydroxyl groups is 1. The molecule has 1 aromatic carbocycles. The number of hydrogen-bond donors (Lipinski definition) is 1. The summed E-state index contributed by atoms with van der Waals surface area (Å²) in [5.41, 5.74) is -0.0482. The third-order valence-corrected chi connectivity index (χ3v) is 2.84. The SMILES string of the molecule is O=[N+]([O-])c1cccc(Cl)c1CN(CCO)CC(F)F. The lowest BCUT2D eigenvalue weighted by atomic mass is 10.1. The summed E-state index contributed by atoms with van der Waals surface area (Å²) in [5, 5.41) is 19.8. The summed E-state index contributed by atoms with van der Waals surface area (Å²) in [6.45, 7) is -1.01. The molecule has 0 atom stereocenters. The zero-order chi connectivity index (χ0) is 14.4. The van der Waals surface area contributed by atoms with Crippen LogP contribution in [0.3, 0.4) is 0 Å². The first-order chi connectivity index (χ1) is 8.95. The number of rotatable bonds is 7. The van der Waals surface area contributed by atoms with Crippen molar-refractivity contribution in [2.45, 2.75) is 13.0 Å². The van der Waals surface area contributed by atoms with E-state index in [0.717, 1.165) is 0 Å². The smallest absolute Gasteiger partial charge is 0.275 e. The van der Waals surface area contributed by atoms with Gasteiger partial charge in [0.1, 0.15) is 0 Å². The lowest BCUT2D eigenvalue weighted by molar-refractivity contribution is -0.385. The third-order valence-electron chi connectivity index (χ3n) is 2.48. The maximum atomic E-state index is 12.4. The number of aliphatic hydroxyl groups excluding tert-OH is 1. The van der Waals surface area contributed by atoms with Gasteiger partial charge in [-0.2, -0.15) is 0 Å². The molecule has 1 aromatic rings. The molecule has 0 heterocycles. The maximum Gasteiger partial charge on any atom is 0.275 e. The van der Waals surface area contributed by atoms with Crippen molar-refractivity contribution in [2.24, 2.45) is 0 Å². The monoisotopic (exact) mass is 294 g/mol. The standard InChI is InChI=1S/C11H13ClF2N2O3/c12-9-2-1-3-10(16(18)19)8(9)6-15(4-5-17)7-11(13)14/h1-3,11,17H,4-7H2. The second kappa shape index (κ2) is 7.32. The third kappa shape index (κ3) is 4.70. The molecule has 19 heavy (non-hydrogen) atoms. The van der Waals surface area contributed by atoms with E-state index in [4.69, 9.17) is 16.7 Å². The fourth-order valence-corrected chi connectivity index (χ4v) is 1.90. The number of nitrogens with zero attached hydrogens (tertiary/aromatic N) is 2. The highest BCUT2D eigenvalue weighted by atomic mass is 35.5. The molecule has 0 aliphatic rings. The number of alkyl halides is 2. The molecule has 0 saturated carbocycles. The van der Waals surface area contributed by atoms with Gasteiger partial charge in [-0.1, -0.05) is 17.7 Å². The van der Waals surface area contributed by atoms with Gasteiger partial charge in [0.25, 0.3) is 12.1 Å². The molecule has 0 saturated heterocycles. The minimum absolute atomic E-state index is 0.00722. The Labute approximate surface area is 113 Å². The molecule has 0 aliphatic carbocycles. The molecule has 5 nitrogen and oxygen atoms in total. The van der Waals surface area contributed by atoms with Gasteiger partial charge in [0.15, 0.2) is 0 Å². The van der Waals surface area contributed by atoms with Crippen LogP contribution in [0, 0.1) is 10.1 Å². The molecule has 0 aromatic heterocycles. The highest BCUT2D eigenvalue weighted by Gasteiger charge is 2.20. The van der Waals surface area contributed by atoms with Gasteiger partial charge in [0, 0.05) is 19.2 Å². The summed E-state index contributed by atoms with van der Waals surface area (Å²) in [6, 6.07) is 4.15. The van der Waals surface area contributed by atoms with E-state index in [1.54, 1.807) is 0 Å². The summed E-state index contributed by atoms with van der Waals surface area (Å²) in [4.78, 5) is 11.5. The molecule has 0 radical (unpaired) electrons. The van der Waals surface area contributed by atoms with Crippen LogP contribution >= 0.6 is 11.6 Å². The van der Waals surface area contributed by atoms with Gasteiger partial charge >= 0.3 is 0 Å². The van der Waals surface area contributed by atoms with Gasteiger partial charge in [0.2, 0.25) is 0 Å². The highest BCUT2D eigenvalue weighted by molar-refractivity contribution is 6.31. The van der Waals surface area contributed by atoms with Crippen LogP contribution in [-0.2, 0) is 6.54 Å². The van der Waals surface area contributed by atoms with Crippen LogP contribution in [0.1, 0.15) is 5.56 Å². The minimum atomic E-state index is -2.59. The molecule has 0 spiro atoms. The average Bonchev–Trinajstić information content (AvgIpc) is 2.30. The number of nitro benzene ring substituents is 1. The van der Waals surface area contributed by atoms with Crippen molar-refractivity contribution < 1.29 is 18.8 Å². The number of benzene rings is 1. The predicted octanol–water partition coefficient (Wildman–Crippen LogP) is 2.31. The fraction of sp³-hybridized carbons (Fsp3) is 0.455. The van der Waals surface area contributed by atoms with E-state index < -0.39 is 17.9 Å². The first kappa shape index (κ1) is 15.7. The first-order valence-corrected chi connectivity index (χ1v) is 5.86. The highest BCUT2D eigenvalue weighted by Crippen LogP contribution is 2.27. The Balaban J connectivity index is 2.97. The van der Waals surface area contributed by atoms with E-state index >= 15 is 0 Å². The Morgan fingerprint density at radius 3 is 2.68 bits per heavy atom. The fourth-order valence-electron chi connectivity index (χ4n) is 1.67. The Morgan fingerprint density at radius 2 is 2.16 bits per heavy atom. The second-order valence-electron chi connectivity index (χ2n) is 3.84. The van der Waals surface area contributed by atoms with Crippen molar-refractivity contribution >= 4 is 17.3 Å². The molecule has 106 valence electrons. The number of hydrogen-bond acceptors (Lipinski definition) is 4. The van der Waals surface area contributed by atoms with E-state index in [2.05, 4.69) is 0 Å². The Bertz CT molecular complexity index is 446. The van der Waals surface area contributed by atoms with Crippen LogP contribution in [0.5, 0.6) is 0 Å². The van der Waals surface area contributed by atoms with Gasteiger partial charge in [-0.15, -0.1) is 0 Å². The van der Waals surface area contributed by atoms with Crippen molar-refractivity contribution in [3.8, 4) is 0 Å². The normalized spacial score (nSPS) is 11.3. The lowest BCUT2D eigenvalue weighted by Crippen LogP contribution is -2.31. The molecule has 0 amide bonds. The van der Waals surface area contributed by atoms with Crippen LogP contribution in [0.2, 0.25) is 5.02 Å². The molecule has 0 fully saturated rings. The Kier molecular flexibility index (Phi) is 6.07. The zero-order valence-electron chi connectivity index (χ0n) is 9.93. The predicted molar refractivity (Wildman–Crippen MR) is 66.5 cm³/mol. The van der Waals surface area contributed by atoms with Crippen LogP contribution in [0.25, 0.3) is 0 Å². The zero-order valence-corrected chi connectivity index (χ0v) is 10.7. The Hall–Kier alpha value is -1.31. The molecule has 0 unspecified atom stereocenters. The molecular formula is C11H13ClF2N2O3. The molecule has 8 heteroatoms. The largest absolute Gasteiger partial charge is 0.395 e. The van der Waals surface area contributed by atoms with E-state index in [9.17, 15) is 18.9 Å². The van der Waals surface area contributed by atoms with Crippen LogP contribution in [0.15, 0.2) is 18.2 Å². The van der Waals surface area contributed by atoms with Gasteiger partial charge in [-0.25, -0.2) is 8.78 Å². The van der Waals surface area contributed by atoms with Crippen LogP contribution in [-0.4, -0.2) is 41.1 Å². The summed E-state index contributed by atoms with van der Waals surface area (Å²) in [5.74, 6) is 0. The maximum absolute atomic E-state index is 12.4.